The molecule has 2 aliphatic heterocycles. The number of nitrogens with zero attached hydrogens (tertiary/aromatic N) is 8. The van der Waals surface area contributed by atoms with Gasteiger partial charge in [-0.15, -0.1) is 0 Å². The molecule has 5 rings (SSSR count). The molecule has 3 aliphatic rings. The van der Waals surface area contributed by atoms with Crippen LogP contribution in [0.25, 0.3) is 0 Å². The first-order valence-corrected chi connectivity index (χ1v) is 33.8. The molecule has 0 aromatic heterocycles. The third-order valence-electron chi connectivity index (χ3n) is 19.7. The molecule has 97 heavy (non-hydrogen) atoms. The molecule has 2 aromatic rings. The van der Waals surface area contributed by atoms with Crippen LogP contribution in [0, 0.1) is 24.7 Å². The molecule has 2 saturated heterocycles. The molecule has 1 spiro atoms. The number of carbonyl (C=O) groups excluding carboxylic acids is 12. The molecule has 0 radical (unpaired) electrons. The number of rotatable bonds is 12. The average Bonchev–Trinajstić information content (AvgIpc) is 1.08. The minimum Gasteiger partial charge on any atom is -0.347 e. The minimum absolute atomic E-state index is 0.0548. The van der Waals surface area contributed by atoms with Crippen LogP contribution < -0.4 is 21.3 Å². The molecule has 0 unspecified atom stereocenters. The SMILES string of the molecule is CC[C@H](C)[C@@H]1NC(=O)[C@H](CC(C)C)N(C)C(=O)C[C@@H](C(=O)N(C)C)N(C)C(=O)[C@H]([C@@H](C)CC)N(C)C(=O)C2(CCCC2)NC(=O)[C@@H](C)NC(=O)[C@H](CCc2ccc(C(F)(F)F)c(Cl)c2)NC(=O)CN(C)C(=O)[C@H](Cc2ccc(C)cc2)N(C)C(=O)[C@@H]2CCN2C(=O)[C@H](C)N(C)C1=O. The van der Waals surface area contributed by atoms with Crippen molar-refractivity contribution >= 4 is 82.5 Å². The monoisotopic (exact) mass is 1380 g/mol. The van der Waals surface area contributed by atoms with Gasteiger partial charge in [-0.2, -0.15) is 13.2 Å². The number of hydrogen-bond acceptors (Lipinski definition) is 12. The Morgan fingerprint density at radius 3 is 1.82 bits per heavy atom. The second kappa shape index (κ2) is 34.1. The second-order valence-corrected chi connectivity index (χ2v) is 27.9. The number of benzene rings is 2. The summed E-state index contributed by atoms with van der Waals surface area (Å²) in [5.41, 5.74) is -0.921. The highest BCUT2D eigenvalue weighted by atomic mass is 35.5. The lowest BCUT2D eigenvalue weighted by molar-refractivity contribution is -0.160. The van der Waals surface area contributed by atoms with Crippen LogP contribution in [0.3, 0.4) is 0 Å². The van der Waals surface area contributed by atoms with Crippen molar-refractivity contribution in [3.63, 3.8) is 0 Å². The molecule has 12 amide bonds. The number of hydrogen-bond donors (Lipinski definition) is 4. The van der Waals surface area contributed by atoms with E-state index in [2.05, 4.69) is 21.3 Å². The van der Waals surface area contributed by atoms with E-state index >= 15 is 9.59 Å². The van der Waals surface area contributed by atoms with Crippen molar-refractivity contribution in [1.29, 1.82) is 0 Å². The zero-order chi connectivity index (χ0) is 73.0. The smallest absolute Gasteiger partial charge is 0.347 e. The van der Waals surface area contributed by atoms with Gasteiger partial charge in [-0.25, -0.2) is 0 Å². The van der Waals surface area contributed by atoms with Crippen LogP contribution in [0.15, 0.2) is 42.5 Å². The number of carbonyl (C=O) groups is 12. The van der Waals surface area contributed by atoms with Gasteiger partial charge in [0.05, 0.1) is 23.6 Å². The van der Waals surface area contributed by atoms with Crippen molar-refractivity contribution in [2.75, 3.05) is 69.5 Å². The summed E-state index contributed by atoms with van der Waals surface area (Å²) in [5.74, 6) is -9.96. The number of aryl methyl sites for hydroxylation is 2. The summed E-state index contributed by atoms with van der Waals surface area (Å²) in [5, 5.41) is 10.4. The lowest BCUT2D eigenvalue weighted by Crippen LogP contribution is -2.65. The Bertz CT molecular complexity index is 3220. The Morgan fingerprint density at radius 2 is 1.29 bits per heavy atom. The fourth-order valence-electron chi connectivity index (χ4n) is 12.7. The van der Waals surface area contributed by atoms with Crippen LogP contribution in [0.4, 0.5) is 13.2 Å². The van der Waals surface area contributed by atoms with E-state index in [1.54, 1.807) is 32.9 Å². The molecule has 3 fully saturated rings. The van der Waals surface area contributed by atoms with Crippen LogP contribution in [-0.2, 0) is 76.6 Å². The van der Waals surface area contributed by atoms with Gasteiger partial charge in [0.15, 0.2) is 0 Å². The lowest BCUT2D eigenvalue weighted by Gasteiger charge is -2.45. The molecule has 4 N–H and O–H groups in total. The topological polar surface area (TPSA) is 279 Å². The normalized spacial score (nSPS) is 25.7. The Labute approximate surface area is 573 Å². The van der Waals surface area contributed by atoms with E-state index in [1.165, 1.54) is 106 Å². The summed E-state index contributed by atoms with van der Waals surface area (Å²) in [6.45, 7) is 14.9. The highest BCUT2D eigenvalue weighted by molar-refractivity contribution is 6.31. The quantitative estimate of drug-likeness (QED) is 0.227. The van der Waals surface area contributed by atoms with Crippen molar-refractivity contribution < 1.29 is 70.7 Å². The van der Waals surface area contributed by atoms with Gasteiger partial charge >= 0.3 is 6.18 Å². The molecular formula is C69H102ClF3N12O12. The second-order valence-electron chi connectivity index (χ2n) is 27.5. The predicted molar refractivity (Wildman–Crippen MR) is 358 cm³/mol. The predicted octanol–water partition coefficient (Wildman–Crippen LogP) is 4.59. The van der Waals surface area contributed by atoms with E-state index in [0.29, 0.717) is 31.2 Å². The summed E-state index contributed by atoms with van der Waals surface area (Å²) < 4.78 is 41.3. The highest BCUT2D eigenvalue weighted by Gasteiger charge is 2.50. The lowest BCUT2D eigenvalue weighted by atomic mass is 9.90. The fourth-order valence-corrected chi connectivity index (χ4v) is 13.0. The van der Waals surface area contributed by atoms with Gasteiger partial charge in [-0.05, 0) is 100 Å². The Balaban J connectivity index is 1.62. The molecule has 1 saturated carbocycles. The van der Waals surface area contributed by atoms with Gasteiger partial charge in [0, 0.05) is 69.3 Å². The van der Waals surface area contributed by atoms with Crippen molar-refractivity contribution in [2.45, 2.75) is 205 Å². The first-order valence-electron chi connectivity index (χ1n) is 33.5. The summed E-state index contributed by atoms with van der Waals surface area (Å²) in [6.07, 6.45) is -3.67. The summed E-state index contributed by atoms with van der Waals surface area (Å²) in [4.78, 5) is 186. The number of likely N-dealkylation sites (N-methyl/N-ethyl adjacent to an activating group) is 7. The van der Waals surface area contributed by atoms with E-state index in [9.17, 15) is 61.1 Å². The first-order chi connectivity index (χ1) is 45.2. The van der Waals surface area contributed by atoms with Crippen molar-refractivity contribution in [3.8, 4) is 0 Å². The van der Waals surface area contributed by atoms with Crippen LogP contribution in [0.5, 0.6) is 0 Å². The average molecular weight is 1380 g/mol. The van der Waals surface area contributed by atoms with Crippen LogP contribution >= 0.6 is 11.6 Å². The van der Waals surface area contributed by atoms with Crippen molar-refractivity contribution in [2.24, 2.45) is 17.8 Å². The molecule has 1 aliphatic carbocycles. The number of halogens is 4. The maximum Gasteiger partial charge on any atom is 0.417 e. The van der Waals surface area contributed by atoms with Crippen LogP contribution in [0.1, 0.15) is 142 Å². The molecule has 11 atom stereocenters. The molecule has 2 aromatic carbocycles. The first kappa shape index (κ1) is 79.8. The molecule has 0 bridgehead atoms. The molecule has 538 valence electrons. The molecule has 2 heterocycles. The van der Waals surface area contributed by atoms with E-state index in [0.717, 1.165) is 27.5 Å². The molecule has 24 nitrogen and oxygen atoms in total. The van der Waals surface area contributed by atoms with Crippen molar-refractivity contribution in [1.82, 2.24) is 60.5 Å². The number of nitrogens with one attached hydrogen (secondary N) is 4. The van der Waals surface area contributed by atoms with E-state index < -0.39 is 172 Å². The molecule has 28 heteroatoms. The van der Waals surface area contributed by atoms with Crippen LogP contribution in [0.2, 0.25) is 5.02 Å². The maximum atomic E-state index is 15.2. The zero-order valence-electron chi connectivity index (χ0n) is 59.4. The van der Waals surface area contributed by atoms with Gasteiger partial charge < -0.3 is 60.5 Å². The van der Waals surface area contributed by atoms with E-state index in [-0.39, 0.29) is 63.0 Å². The van der Waals surface area contributed by atoms with Gasteiger partial charge in [-0.3, -0.25) is 57.5 Å². The van der Waals surface area contributed by atoms with Gasteiger partial charge in [-0.1, -0.05) is 115 Å². The highest BCUT2D eigenvalue weighted by Crippen LogP contribution is 2.36. The Hall–Kier alpha value is -7.84. The zero-order valence-corrected chi connectivity index (χ0v) is 60.1. The Kier molecular flexibility index (Phi) is 28.1. The van der Waals surface area contributed by atoms with Gasteiger partial charge in [0.1, 0.15) is 59.9 Å². The Morgan fingerprint density at radius 1 is 0.691 bits per heavy atom. The van der Waals surface area contributed by atoms with Crippen LogP contribution in [-0.4, -0.2) is 239 Å². The van der Waals surface area contributed by atoms with Gasteiger partial charge in [0.2, 0.25) is 70.9 Å². The number of alkyl halides is 3. The third kappa shape index (κ3) is 19.5. The maximum absolute atomic E-state index is 15.2. The largest absolute Gasteiger partial charge is 0.417 e. The minimum atomic E-state index is -4.78. The summed E-state index contributed by atoms with van der Waals surface area (Å²) in [6, 6.07) is -1.49. The third-order valence-corrected chi connectivity index (χ3v) is 20.0. The number of amides is 12. The summed E-state index contributed by atoms with van der Waals surface area (Å²) >= 11 is 6.09. The fraction of sp³-hybridized carbons (Fsp3) is 0.652. The van der Waals surface area contributed by atoms with E-state index in [1.807, 2.05) is 39.8 Å². The van der Waals surface area contributed by atoms with Crippen molar-refractivity contribution in [3.05, 3.63) is 69.7 Å². The van der Waals surface area contributed by atoms with Gasteiger partial charge in [0.25, 0.3) is 0 Å². The van der Waals surface area contributed by atoms with E-state index in [4.69, 9.17) is 11.6 Å². The number of fused-ring (bicyclic) bond motifs is 1. The summed E-state index contributed by atoms with van der Waals surface area (Å²) in [7, 11) is 11.2. The standard InChI is InChI=1S/C69H102ClF3N12O12/c1-18-41(6)56-65(95)80(13)44(9)61(91)85-33-30-50(85)64(94)82(15)52(36-46-24-22-40(5)23-25-46)63(93)79(12)38-54(86)75-49(29-27-45-26-28-47(48(70)35-45)69(71,72)73)59(89)74-43(8)58(88)77-68(31-20-21-32-68)67(97)84(17)57(42(7)19-2)66(96)83(16)53(62(92)78(10)11)37-55(87)81(14)51(34-39(3)4)60(90)76-56/h22-26,28,35,39,41-44,49-53,56-57H,18-21,27,29-34,36-38H2,1-17H3,(H,74,89)(H,75,86)(H,76,90)(H,77,88)/t41-,42-,43+,44-,49-,50-,51-,52-,53-,56-,57-/m0/s1. The molecular weight excluding hydrogens is 1280 g/mol.